The minimum absolute atomic E-state index is 0.149. The summed E-state index contributed by atoms with van der Waals surface area (Å²) in [6.07, 6.45) is 16.2. The van der Waals surface area contributed by atoms with Crippen LogP contribution in [0, 0.1) is 5.92 Å². The third kappa shape index (κ3) is 3.50. The van der Waals surface area contributed by atoms with Crippen molar-refractivity contribution < 1.29 is 9.59 Å². The van der Waals surface area contributed by atoms with Gasteiger partial charge in [-0.15, -0.1) is 0 Å². The van der Waals surface area contributed by atoms with Gasteiger partial charge in [0, 0.05) is 18.8 Å². The van der Waals surface area contributed by atoms with E-state index in [-0.39, 0.29) is 11.6 Å². The van der Waals surface area contributed by atoms with Crippen LogP contribution in [-0.2, 0) is 9.59 Å². The molecule has 0 aromatic heterocycles. The number of nitrogens with zero attached hydrogens (tertiary/aromatic N) is 1. The molecule has 126 valence electrons. The molecule has 0 aromatic rings. The molecule has 3 aliphatic rings. The van der Waals surface area contributed by atoms with E-state index in [4.69, 9.17) is 0 Å². The third-order valence-corrected chi connectivity index (χ3v) is 5.17. The molecule has 2 aliphatic carbocycles. The highest BCUT2D eigenvalue weighted by molar-refractivity contribution is 6.24. The maximum Gasteiger partial charge on any atom is 0.189 e. The van der Waals surface area contributed by atoms with Crippen molar-refractivity contribution in [3.05, 3.63) is 58.9 Å². The van der Waals surface area contributed by atoms with Crippen molar-refractivity contribution in [3.8, 4) is 0 Å². The van der Waals surface area contributed by atoms with Crippen LogP contribution in [0.4, 0.5) is 0 Å². The fourth-order valence-electron chi connectivity index (χ4n) is 3.62. The van der Waals surface area contributed by atoms with Crippen molar-refractivity contribution in [2.45, 2.75) is 39.5 Å². The summed E-state index contributed by atoms with van der Waals surface area (Å²) in [5.74, 6) is 0.494. The van der Waals surface area contributed by atoms with Crippen molar-refractivity contribution in [2.75, 3.05) is 13.1 Å². The molecule has 3 rings (SSSR count). The maximum atomic E-state index is 12.1. The Kier molecular flexibility index (Phi) is 4.98. The first-order valence-corrected chi connectivity index (χ1v) is 8.88. The molecule has 1 aliphatic heterocycles. The van der Waals surface area contributed by atoms with Gasteiger partial charge in [0.05, 0.1) is 5.57 Å². The topological polar surface area (TPSA) is 37.4 Å². The van der Waals surface area contributed by atoms with Crippen molar-refractivity contribution >= 4 is 11.6 Å². The zero-order chi connectivity index (χ0) is 17.1. The van der Waals surface area contributed by atoms with E-state index < -0.39 is 0 Å². The molecule has 0 unspecified atom stereocenters. The van der Waals surface area contributed by atoms with Gasteiger partial charge < -0.3 is 4.90 Å². The second-order valence-corrected chi connectivity index (χ2v) is 6.78. The molecular formula is C21H25NO2. The first-order valence-electron chi connectivity index (χ1n) is 8.88. The molecule has 0 spiro atoms. The lowest BCUT2D eigenvalue weighted by Gasteiger charge is -2.19. The molecule has 1 atom stereocenters. The van der Waals surface area contributed by atoms with Crippen molar-refractivity contribution in [2.24, 2.45) is 5.92 Å². The molecule has 0 radical (unpaired) electrons. The lowest BCUT2D eigenvalue weighted by atomic mass is 9.91. The Balaban J connectivity index is 1.69. The lowest BCUT2D eigenvalue weighted by molar-refractivity contribution is -0.118. The summed E-state index contributed by atoms with van der Waals surface area (Å²) in [5, 5.41) is 0. The molecule has 1 fully saturated rings. The van der Waals surface area contributed by atoms with E-state index in [0.29, 0.717) is 12.0 Å². The molecule has 0 bridgehead atoms. The van der Waals surface area contributed by atoms with E-state index in [0.717, 1.165) is 36.6 Å². The number of Topliss-reactive ketones (excluding diaryl/α,β-unsaturated/α-hetero) is 1. The van der Waals surface area contributed by atoms with Crippen LogP contribution in [0.3, 0.4) is 0 Å². The summed E-state index contributed by atoms with van der Waals surface area (Å²) >= 11 is 0. The van der Waals surface area contributed by atoms with Gasteiger partial charge in [-0.25, -0.2) is 0 Å². The van der Waals surface area contributed by atoms with Crippen LogP contribution >= 0.6 is 0 Å². The van der Waals surface area contributed by atoms with E-state index >= 15 is 0 Å². The van der Waals surface area contributed by atoms with E-state index in [9.17, 15) is 9.59 Å². The van der Waals surface area contributed by atoms with Gasteiger partial charge in [-0.3, -0.25) is 9.59 Å². The molecule has 0 saturated carbocycles. The Hall–Kier alpha value is -2.16. The van der Waals surface area contributed by atoms with E-state index in [1.807, 2.05) is 0 Å². The van der Waals surface area contributed by atoms with Crippen molar-refractivity contribution in [3.63, 3.8) is 0 Å². The van der Waals surface area contributed by atoms with Crippen molar-refractivity contribution in [1.82, 2.24) is 4.90 Å². The number of carbonyl (C=O) groups is 2. The largest absolute Gasteiger partial charge is 0.371 e. The SMILES string of the molecule is CC[C@@H]1CCN(C2=CCC=C(C3=CC(=O)C(C(C)=O)=CC3)C=C2)C1. The van der Waals surface area contributed by atoms with Crippen molar-refractivity contribution in [1.29, 1.82) is 0 Å². The monoisotopic (exact) mass is 323 g/mol. The van der Waals surface area contributed by atoms with Crippen LogP contribution in [0.2, 0.25) is 0 Å². The number of rotatable bonds is 4. The average Bonchev–Trinajstić information content (AvgIpc) is 2.91. The smallest absolute Gasteiger partial charge is 0.189 e. The Labute approximate surface area is 144 Å². The number of hydrogen-bond donors (Lipinski definition) is 0. The fraction of sp³-hybridized carbons (Fsp3) is 0.429. The zero-order valence-electron chi connectivity index (χ0n) is 14.5. The van der Waals surface area contributed by atoms with Crippen LogP contribution in [0.15, 0.2) is 58.9 Å². The second-order valence-electron chi connectivity index (χ2n) is 6.78. The zero-order valence-corrected chi connectivity index (χ0v) is 14.5. The number of ketones is 2. The summed E-state index contributed by atoms with van der Waals surface area (Å²) in [4.78, 5) is 26.0. The van der Waals surface area contributed by atoms with Crippen LogP contribution in [-0.4, -0.2) is 29.6 Å². The van der Waals surface area contributed by atoms with Crippen LogP contribution in [0.25, 0.3) is 0 Å². The summed E-state index contributed by atoms with van der Waals surface area (Å²) in [5.41, 5.74) is 3.71. The standard InChI is InChI=1S/C21H25NO2/c1-3-16-11-12-22(14-16)19-6-4-5-17(7-9-19)18-8-10-20(15(2)23)21(24)13-18/h5-7,9-10,13,16H,3-4,8,11-12,14H2,1-2H3/t16-/m1/s1. The highest BCUT2D eigenvalue weighted by atomic mass is 16.1. The molecule has 1 saturated heterocycles. The third-order valence-electron chi connectivity index (χ3n) is 5.17. The summed E-state index contributed by atoms with van der Waals surface area (Å²) < 4.78 is 0. The van der Waals surface area contributed by atoms with Gasteiger partial charge in [0.2, 0.25) is 0 Å². The Morgan fingerprint density at radius 2 is 2.08 bits per heavy atom. The quantitative estimate of drug-likeness (QED) is 0.736. The van der Waals surface area contributed by atoms with Crippen LogP contribution in [0.5, 0.6) is 0 Å². The highest BCUT2D eigenvalue weighted by Gasteiger charge is 2.22. The number of carbonyl (C=O) groups excluding carboxylic acids is 2. The molecule has 1 heterocycles. The van der Waals surface area contributed by atoms with E-state index in [1.165, 1.54) is 25.5 Å². The van der Waals surface area contributed by atoms with Gasteiger partial charge in [0.25, 0.3) is 0 Å². The van der Waals surface area contributed by atoms with Crippen LogP contribution in [0.1, 0.15) is 39.5 Å². The molecular weight excluding hydrogens is 298 g/mol. The van der Waals surface area contributed by atoms with Gasteiger partial charge in [-0.1, -0.05) is 37.6 Å². The van der Waals surface area contributed by atoms with Gasteiger partial charge in [-0.2, -0.15) is 0 Å². The summed E-state index contributed by atoms with van der Waals surface area (Å²) in [7, 11) is 0. The number of likely N-dealkylation sites (tertiary alicyclic amines) is 1. The second kappa shape index (κ2) is 7.16. The molecule has 0 amide bonds. The fourth-order valence-corrected chi connectivity index (χ4v) is 3.62. The van der Waals surface area contributed by atoms with Gasteiger partial charge in [0.1, 0.15) is 0 Å². The molecule has 24 heavy (non-hydrogen) atoms. The van der Waals surface area contributed by atoms with Crippen LogP contribution < -0.4 is 0 Å². The molecule has 3 nitrogen and oxygen atoms in total. The number of hydrogen-bond acceptors (Lipinski definition) is 3. The Morgan fingerprint density at radius 1 is 1.25 bits per heavy atom. The van der Waals surface area contributed by atoms with Gasteiger partial charge >= 0.3 is 0 Å². The maximum absolute atomic E-state index is 12.1. The summed E-state index contributed by atoms with van der Waals surface area (Å²) in [6.45, 7) is 5.99. The minimum Gasteiger partial charge on any atom is -0.371 e. The average molecular weight is 323 g/mol. The number of allylic oxidation sites excluding steroid dienone is 9. The Bertz CT molecular complexity index is 703. The molecule has 3 heteroatoms. The first-order chi connectivity index (χ1) is 11.6. The predicted octanol–water partition coefficient (Wildman–Crippen LogP) is 3.90. The molecule has 0 aromatic carbocycles. The normalized spacial score (nSPS) is 24.2. The summed E-state index contributed by atoms with van der Waals surface area (Å²) in [6, 6.07) is 0. The van der Waals surface area contributed by atoms with Gasteiger partial charge in [0.15, 0.2) is 11.6 Å². The minimum atomic E-state index is -0.166. The van der Waals surface area contributed by atoms with E-state index in [1.54, 1.807) is 12.2 Å². The predicted molar refractivity (Wildman–Crippen MR) is 96.4 cm³/mol. The lowest BCUT2D eigenvalue weighted by Crippen LogP contribution is -2.18. The van der Waals surface area contributed by atoms with E-state index in [2.05, 4.69) is 36.1 Å². The Morgan fingerprint density at radius 3 is 2.75 bits per heavy atom. The first kappa shape index (κ1) is 16.7. The molecule has 0 N–H and O–H groups in total. The van der Waals surface area contributed by atoms with Gasteiger partial charge in [-0.05, 0) is 55.4 Å². The highest BCUT2D eigenvalue weighted by Crippen LogP contribution is 2.28.